The van der Waals surface area contributed by atoms with Gasteiger partial charge in [-0.3, -0.25) is 0 Å². The lowest BCUT2D eigenvalue weighted by Crippen LogP contribution is -2.06. The summed E-state index contributed by atoms with van der Waals surface area (Å²) >= 11 is 3.40. The van der Waals surface area contributed by atoms with Gasteiger partial charge in [0.1, 0.15) is 0 Å². The fourth-order valence-electron chi connectivity index (χ4n) is 2.42. The van der Waals surface area contributed by atoms with Crippen LogP contribution in [0.25, 0.3) is 0 Å². The first-order valence-corrected chi connectivity index (χ1v) is 8.70. The molecule has 3 rings (SSSR count). The van der Waals surface area contributed by atoms with Crippen LogP contribution in [-0.2, 0) is 12.2 Å². The average Bonchev–Trinajstić information content (AvgIpc) is 2.87. The maximum atomic E-state index is 5.66. The molecular weight excluding hydrogens is 276 g/mol. The van der Waals surface area contributed by atoms with Gasteiger partial charge in [-0.15, -0.1) is 10.2 Å². The quantitative estimate of drug-likeness (QED) is 0.848. The highest BCUT2D eigenvalue weighted by Crippen LogP contribution is 2.42. The molecule has 0 spiro atoms. The summed E-state index contributed by atoms with van der Waals surface area (Å²) in [5.74, 6) is 1.51. The van der Waals surface area contributed by atoms with Gasteiger partial charge in [-0.2, -0.15) is 11.8 Å². The Morgan fingerprint density at radius 1 is 1.32 bits per heavy atom. The van der Waals surface area contributed by atoms with Gasteiger partial charge < -0.3 is 4.42 Å². The summed E-state index contributed by atoms with van der Waals surface area (Å²) in [5, 5.41) is 9.36. The van der Waals surface area contributed by atoms with E-state index in [2.05, 4.69) is 34.5 Å². The Morgan fingerprint density at radius 2 is 2.21 bits per heavy atom. The van der Waals surface area contributed by atoms with E-state index >= 15 is 0 Å². The number of hydrogen-bond acceptors (Lipinski definition) is 5. The normalized spacial score (nSPS) is 18.3. The lowest BCUT2D eigenvalue weighted by Gasteiger charge is -2.23. The summed E-state index contributed by atoms with van der Waals surface area (Å²) in [4.78, 5) is 0. The summed E-state index contributed by atoms with van der Waals surface area (Å²) in [7, 11) is 0. The molecule has 0 amide bonds. The summed E-state index contributed by atoms with van der Waals surface area (Å²) in [5.41, 5.74) is 2.90. The molecule has 0 saturated heterocycles. The number of benzene rings is 1. The van der Waals surface area contributed by atoms with Crippen LogP contribution < -0.4 is 0 Å². The summed E-state index contributed by atoms with van der Waals surface area (Å²) in [6.45, 7) is 0. The molecule has 0 radical (unpaired) electrons. The molecule has 1 aromatic carbocycles. The topological polar surface area (TPSA) is 38.9 Å². The van der Waals surface area contributed by atoms with Crippen molar-refractivity contribution in [1.29, 1.82) is 0 Å². The maximum Gasteiger partial charge on any atom is 0.277 e. The third-order valence-electron chi connectivity index (χ3n) is 3.27. The van der Waals surface area contributed by atoms with Crippen molar-refractivity contribution in [3.8, 4) is 0 Å². The van der Waals surface area contributed by atoms with E-state index in [0.29, 0.717) is 10.5 Å². The van der Waals surface area contributed by atoms with Gasteiger partial charge in [0, 0.05) is 5.25 Å². The molecule has 0 fully saturated rings. The minimum atomic E-state index is 0.451. The van der Waals surface area contributed by atoms with Gasteiger partial charge in [0.05, 0.1) is 5.75 Å². The van der Waals surface area contributed by atoms with E-state index < -0.39 is 0 Å². The number of nitrogens with zero attached hydrogens (tertiary/aromatic N) is 2. The number of aromatic nitrogens is 2. The highest BCUT2D eigenvalue weighted by atomic mass is 32.2. The second-order valence-corrected chi connectivity index (χ2v) is 6.61. The number of thioether (sulfide) groups is 2. The lowest BCUT2D eigenvalue weighted by atomic mass is 9.91. The molecule has 0 saturated carbocycles. The third kappa shape index (κ3) is 2.98. The molecule has 0 bridgehead atoms. The van der Waals surface area contributed by atoms with Gasteiger partial charge in [0.15, 0.2) is 0 Å². The van der Waals surface area contributed by atoms with Crippen molar-refractivity contribution < 1.29 is 4.42 Å². The standard InChI is InChI=1S/C14H16N2OS2/c1-18-9-13-15-16-14(17-13)19-12-8-4-6-10-5-2-3-7-11(10)12/h2-3,5,7,12H,4,6,8-9H2,1H3. The molecule has 3 nitrogen and oxygen atoms in total. The van der Waals surface area contributed by atoms with E-state index in [1.165, 1.54) is 30.4 Å². The molecule has 1 aromatic heterocycles. The largest absolute Gasteiger partial charge is 0.415 e. The summed E-state index contributed by atoms with van der Waals surface area (Å²) in [6.07, 6.45) is 5.64. The van der Waals surface area contributed by atoms with Crippen LogP contribution in [-0.4, -0.2) is 16.5 Å². The molecule has 0 N–H and O–H groups in total. The van der Waals surface area contributed by atoms with Gasteiger partial charge in [0.25, 0.3) is 5.22 Å². The van der Waals surface area contributed by atoms with E-state index in [1.54, 1.807) is 23.5 Å². The zero-order valence-corrected chi connectivity index (χ0v) is 12.5. The fourth-order valence-corrected chi connectivity index (χ4v) is 3.90. The van der Waals surface area contributed by atoms with Crippen LogP contribution in [0.2, 0.25) is 0 Å². The van der Waals surface area contributed by atoms with E-state index in [1.807, 2.05) is 6.26 Å². The van der Waals surface area contributed by atoms with Crippen molar-refractivity contribution in [2.45, 2.75) is 35.5 Å². The molecule has 5 heteroatoms. The third-order valence-corrected chi connectivity index (χ3v) is 4.95. The van der Waals surface area contributed by atoms with Gasteiger partial charge >= 0.3 is 0 Å². The van der Waals surface area contributed by atoms with Crippen molar-refractivity contribution in [2.24, 2.45) is 0 Å². The molecule has 19 heavy (non-hydrogen) atoms. The first-order valence-electron chi connectivity index (χ1n) is 6.42. The zero-order valence-electron chi connectivity index (χ0n) is 10.8. The van der Waals surface area contributed by atoms with Gasteiger partial charge in [-0.1, -0.05) is 36.0 Å². The van der Waals surface area contributed by atoms with Crippen LogP contribution in [0, 0.1) is 0 Å². The molecule has 1 aliphatic rings. The molecule has 100 valence electrons. The van der Waals surface area contributed by atoms with Crippen LogP contribution in [0.1, 0.15) is 35.1 Å². The molecule has 0 aliphatic heterocycles. The monoisotopic (exact) mass is 292 g/mol. The highest BCUT2D eigenvalue weighted by molar-refractivity contribution is 7.99. The molecule has 1 aliphatic carbocycles. The fraction of sp³-hybridized carbons (Fsp3) is 0.429. The average molecular weight is 292 g/mol. The molecule has 1 heterocycles. The molecule has 1 atom stereocenters. The zero-order chi connectivity index (χ0) is 13.1. The first kappa shape index (κ1) is 13.1. The highest BCUT2D eigenvalue weighted by Gasteiger charge is 2.22. The minimum Gasteiger partial charge on any atom is -0.415 e. The Kier molecular flexibility index (Phi) is 4.13. The summed E-state index contributed by atoms with van der Waals surface area (Å²) < 4.78 is 5.66. The van der Waals surface area contributed by atoms with Crippen LogP contribution in [0.5, 0.6) is 0 Å². The van der Waals surface area contributed by atoms with Gasteiger partial charge in [0.2, 0.25) is 5.89 Å². The lowest BCUT2D eigenvalue weighted by molar-refractivity contribution is 0.425. The van der Waals surface area contributed by atoms with Gasteiger partial charge in [-0.05, 0) is 36.6 Å². The van der Waals surface area contributed by atoms with Crippen molar-refractivity contribution in [3.63, 3.8) is 0 Å². The van der Waals surface area contributed by atoms with Crippen LogP contribution in [0.4, 0.5) is 0 Å². The van der Waals surface area contributed by atoms with Crippen molar-refractivity contribution in [2.75, 3.05) is 6.26 Å². The van der Waals surface area contributed by atoms with Crippen molar-refractivity contribution in [3.05, 3.63) is 41.3 Å². The Labute approximate surface area is 121 Å². The minimum absolute atomic E-state index is 0.451. The number of aryl methyl sites for hydroxylation is 1. The van der Waals surface area contributed by atoms with Crippen LogP contribution in [0.15, 0.2) is 33.9 Å². The number of rotatable bonds is 4. The number of hydrogen-bond donors (Lipinski definition) is 0. The summed E-state index contributed by atoms with van der Waals surface area (Å²) in [6, 6.07) is 8.69. The van der Waals surface area contributed by atoms with E-state index in [0.717, 1.165) is 11.6 Å². The van der Waals surface area contributed by atoms with Gasteiger partial charge in [-0.25, -0.2) is 0 Å². The van der Waals surface area contributed by atoms with E-state index in [4.69, 9.17) is 4.42 Å². The second-order valence-electron chi connectivity index (χ2n) is 4.59. The number of fused-ring (bicyclic) bond motifs is 1. The molecule has 2 aromatic rings. The Hall–Kier alpha value is -0.940. The van der Waals surface area contributed by atoms with E-state index in [9.17, 15) is 0 Å². The Balaban J connectivity index is 1.76. The maximum absolute atomic E-state index is 5.66. The van der Waals surface area contributed by atoms with Crippen molar-refractivity contribution >= 4 is 23.5 Å². The Morgan fingerprint density at radius 3 is 3.11 bits per heavy atom. The van der Waals surface area contributed by atoms with E-state index in [-0.39, 0.29) is 0 Å². The predicted molar refractivity (Wildman–Crippen MR) is 79.5 cm³/mol. The molecule has 1 unspecified atom stereocenters. The van der Waals surface area contributed by atoms with Crippen LogP contribution >= 0.6 is 23.5 Å². The second kappa shape index (κ2) is 6.01. The molecular formula is C14H16N2OS2. The Bertz CT molecular complexity index is 556. The SMILES string of the molecule is CSCc1nnc(SC2CCCc3ccccc32)o1. The van der Waals surface area contributed by atoms with Crippen molar-refractivity contribution in [1.82, 2.24) is 10.2 Å². The predicted octanol–water partition coefficient (Wildman–Crippen LogP) is 4.10. The first-order chi connectivity index (χ1) is 9.36. The van der Waals surface area contributed by atoms with Crippen LogP contribution in [0.3, 0.4) is 0 Å². The smallest absolute Gasteiger partial charge is 0.277 e.